The Kier molecular flexibility index (Phi) is 8.54. The molecule has 8 nitrogen and oxygen atoms in total. The van der Waals surface area contributed by atoms with Crippen LogP contribution < -0.4 is 10.6 Å². The molecule has 0 saturated heterocycles. The number of H-pyrrole nitrogens is 1. The predicted molar refractivity (Wildman–Crippen MR) is 149 cm³/mol. The molecule has 2 aliphatic rings. The van der Waals surface area contributed by atoms with Crippen LogP contribution in [-0.4, -0.2) is 43.5 Å². The summed E-state index contributed by atoms with van der Waals surface area (Å²) >= 11 is 2.80. The van der Waals surface area contributed by atoms with Crippen molar-refractivity contribution in [3.63, 3.8) is 0 Å². The number of carboxylic acids is 1. The second kappa shape index (κ2) is 11.5. The minimum atomic E-state index is -1.01. The Bertz CT molecular complexity index is 1170. The Hall–Kier alpha value is -2.51. The average Bonchev–Trinajstić information content (AvgIpc) is 3.45. The van der Waals surface area contributed by atoms with E-state index in [0.29, 0.717) is 26.9 Å². The number of hydrogen-bond donors (Lipinski definition) is 3. The molecule has 2 fully saturated rings. The predicted octanol–water partition coefficient (Wildman–Crippen LogP) is 5.81. The molecule has 10 heteroatoms. The Labute approximate surface area is 227 Å². The summed E-state index contributed by atoms with van der Waals surface area (Å²) in [5.41, 5.74) is 5.95. The molecule has 0 bridgehead atoms. The lowest BCUT2D eigenvalue weighted by molar-refractivity contribution is -0.124. The first kappa shape index (κ1) is 27.5. The third-order valence-corrected chi connectivity index (χ3v) is 9.34. The highest BCUT2D eigenvalue weighted by Gasteiger charge is 2.37. The molecule has 200 valence electrons. The number of hydrogen-bond acceptors (Lipinski definition) is 7. The van der Waals surface area contributed by atoms with Crippen molar-refractivity contribution in [2.24, 2.45) is 17.3 Å². The van der Waals surface area contributed by atoms with E-state index in [1.807, 2.05) is 31.7 Å². The van der Waals surface area contributed by atoms with Gasteiger partial charge in [0.2, 0.25) is 11.9 Å². The molecule has 2 aromatic rings. The second-order valence-electron chi connectivity index (χ2n) is 11.3. The summed E-state index contributed by atoms with van der Waals surface area (Å²) in [4.78, 5) is 33.3. The Balaban J connectivity index is 1.61. The number of thiophene rings is 1. The van der Waals surface area contributed by atoms with E-state index in [0.717, 1.165) is 51.4 Å². The number of carbonyl (C=O) groups is 2. The Morgan fingerprint density at radius 2 is 1.84 bits per heavy atom. The maximum Gasteiger partial charge on any atom is 0.348 e. The van der Waals surface area contributed by atoms with Crippen molar-refractivity contribution in [2.75, 3.05) is 10.6 Å². The molecule has 2 aliphatic carbocycles. The lowest BCUT2D eigenvalue weighted by atomic mass is 9.81. The first-order valence-corrected chi connectivity index (χ1v) is 14.8. The van der Waals surface area contributed by atoms with Gasteiger partial charge in [0.05, 0.1) is 10.6 Å². The summed E-state index contributed by atoms with van der Waals surface area (Å²) < 4.78 is 0. The van der Waals surface area contributed by atoms with Gasteiger partial charge < -0.3 is 15.7 Å². The van der Waals surface area contributed by atoms with E-state index in [9.17, 15) is 14.7 Å². The molecule has 37 heavy (non-hydrogen) atoms. The number of anilines is 2. The number of carbonyl (C=O) groups excluding carboxylic acids is 1. The third kappa shape index (κ3) is 7.08. The topological polar surface area (TPSA) is 125 Å². The fraction of sp³-hybridized carbons (Fsp3) is 0.630. The van der Waals surface area contributed by atoms with Gasteiger partial charge in [-0.2, -0.15) is 4.98 Å². The van der Waals surface area contributed by atoms with Gasteiger partial charge in [0.15, 0.2) is 5.16 Å². The van der Waals surface area contributed by atoms with Gasteiger partial charge in [0.1, 0.15) is 4.88 Å². The first-order valence-electron chi connectivity index (χ1n) is 13.1. The molecule has 2 heterocycles. The molecule has 1 amide bonds. The highest BCUT2D eigenvalue weighted by atomic mass is 32.2. The number of amides is 1. The van der Waals surface area contributed by atoms with Gasteiger partial charge in [-0.3, -0.25) is 9.89 Å². The molecule has 0 atom stereocenters. The number of thioether (sulfide) groups is 1. The molecular formula is C27H37N5O3S2. The van der Waals surface area contributed by atoms with Crippen molar-refractivity contribution in [1.29, 1.82) is 0 Å². The number of nitrogens with two attached hydrogens (primary N) is 1. The number of nitrogens with one attached hydrogen (secondary N) is 1. The van der Waals surface area contributed by atoms with Crippen LogP contribution in [0.1, 0.15) is 93.6 Å². The fourth-order valence-corrected chi connectivity index (χ4v) is 7.02. The van der Waals surface area contributed by atoms with Crippen molar-refractivity contribution < 1.29 is 14.7 Å². The fourth-order valence-electron chi connectivity index (χ4n) is 5.11. The first-order chi connectivity index (χ1) is 17.5. The van der Waals surface area contributed by atoms with Gasteiger partial charge in [0.25, 0.3) is 0 Å². The Morgan fingerprint density at radius 1 is 1.16 bits per heavy atom. The van der Waals surface area contributed by atoms with Gasteiger partial charge in [-0.15, -0.1) is 16.4 Å². The molecule has 0 aliphatic heterocycles. The molecular weight excluding hydrogens is 506 g/mol. The van der Waals surface area contributed by atoms with E-state index in [2.05, 4.69) is 33.9 Å². The van der Waals surface area contributed by atoms with Crippen LogP contribution in [0.5, 0.6) is 0 Å². The summed E-state index contributed by atoms with van der Waals surface area (Å²) in [7, 11) is 0. The van der Waals surface area contributed by atoms with Gasteiger partial charge >= 0.3 is 5.97 Å². The number of rotatable bonds is 6. The summed E-state index contributed by atoms with van der Waals surface area (Å²) in [6, 6.07) is 1.79. The van der Waals surface area contributed by atoms with Crippen LogP contribution in [-0.2, 0) is 4.79 Å². The zero-order valence-electron chi connectivity index (χ0n) is 22.0. The molecule has 4 rings (SSSR count). The van der Waals surface area contributed by atoms with Crippen molar-refractivity contribution in [3.8, 4) is 11.8 Å². The summed E-state index contributed by atoms with van der Waals surface area (Å²) in [5.74, 6) is 6.22. The lowest BCUT2D eigenvalue weighted by Gasteiger charge is -2.39. The standard InChI is InChI=1S/C27H37N5O3S2/c1-16-5-7-17(8-6-16)23(33)32(18-9-11-19(12-10-18)37-26-29-25(28)30-31-26)21-15-20(13-14-27(2,3)4)36-22(21)24(34)35/h15-19H,5-12H2,1-4H3,(H,34,35)(H3,28,29,30,31). The van der Waals surface area contributed by atoms with Gasteiger partial charge in [-0.1, -0.05) is 30.5 Å². The van der Waals surface area contributed by atoms with E-state index in [-0.39, 0.29) is 34.1 Å². The van der Waals surface area contributed by atoms with E-state index >= 15 is 0 Å². The van der Waals surface area contributed by atoms with Crippen LogP contribution in [0.15, 0.2) is 11.2 Å². The monoisotopic (exact) mass is 543 g/mol. The molecule has 0 aromatic carbocycles. The van der Waals surface area contributed by atoms with Gasteiger partial charge in [0, 0.05) is 22.6 Å². The van der Waals surface area contributed by atoms with Crippen LogP contribution in [0.25, 0.3) is 0 Å². The minimum Gasteiger partial charge on any atom is -0.477 e. The van der Waals surface area contributed by atoms with Crippen molar-refractivity contribution in [2.45, 2.75) is 95.5 Å². The highest BCUT2D eigenvalue weighted by Crippen LogP contribution is 2.41. The quantitative estimate of drug-likeness (QED) is 0.393. The van der Waals surface area contributed by atoms with Crippen LogP contribution in [0.4, 0.5) is 11.6 Å². The smallest absolute Gasteiger partial charge is 0.348 e. The SMILES string of the molecule is CC1CCC(C(=O)N(c2cc(C#CC(C)(C)C)sc2C(=O)O)C2CCC(Sc3nc(N)n[nH]3)CC2)CC1. The third-order valence-electron chi connectivity index (χ3n) is 7.10. The second-order valence-corrected chi connectivity index (χ2v) is 13.7. The van der Waals surface area contributed by atoms with E-state index < -0.39 is 5.97 Å². The van der Waals surface area contributed by atoms with Gasteiger partial charge in [-0.25, -0.2) is 4.79 Å². The average molecular weight is 544 g/mol. The van der Waals surface area contributed by atoms with Crippen LogP contribution in [0.2, 0.25) is 0 Å². The van der Waals surface area contributed by atoms with E-state index in [1.165, 1.54) is 11.3 Å². The number of nitrogens with zero attached hydrogens (tertiary/aromatic N) is 3. The number of nitrogen functional groups attached to an aromatic ring is 1. The van der Waals surface area contributed by atoms with Crippen LogP contribution in [0.3, 0.4) is 0 Å². The molecule has 2 saturated carbocycles. The maximum absolute atomic E-state index is 14.0. The van der Waals surface area contributed by atoms with E-state index in [4.69, 9.17) is 5.73 Å². The number of aromatic nitrogens is 3. The van der Waals surface area contributed by atoms with Gasteiger partial charge in [-0.05, 0) is 84.1 Å². The molecule has 0 radical (unpaired) electrons. The summed E-state index contributed by atoms with van der Waals surface area (Å²) in [6.45, 7) is 8.31. The van der Waals surface area contributed by atoms with Crippen LogP contribution in [0, 0.1) is 29.1 Å². The van der Waals surface area contributed by atoms with Crippen molar-refractivity contribution in [3.05, 3.63) is 15.8 Å². The van der Waals surface area contributed by atoms with Crippen LogP contribution >= 0.6 is 23.1 Å². The zero-order valence-corrected chi connectivity index (χ0v) is 23.7. The Morgan fingerprint density at radius 3 is 2.41 bits per heavy atom. The molecule has 0 spiro atoms. The van der Waals surface area contributed by atoms with E-state index in [1.54, 1.807) is 11.8 Å². The normalized spacial score (nSPS) is 24.2. The number of aromatic carboxylic acids is 1. The molecule has 0 unspecified atom stereocenters. The lowest BCUT2D eigenvalue weighted by Crippen LogP contribution is -2.46. The largest absolute Gasteiger partial charge is 0.477 e. The number of aromatic amines is 1. The number of carboxylic acid groups (broad SMARTS) is 1. The molecule has 2 aromatic heterocycles. The highest BCUT2D eigenvalue weighted by molar-refractivity contribution is 7.99. The van der Waals surface area contributed by atoms with Crippen molar-refractivity contribution >= 4 is 46.6 Å². The minimum absolute atomic E-state index is 0.0420. The van der Waals surface area contributed by atoms with Crippen molar-refractivity contribution in [1.82, 2.24) is 15.2 Å². The summed E-state index contributed by atoms with van der Waals surface area (Å²) in [6.07, 6.45) is 7.17. The zero-order chi connectivity index (χ0) is 26.7. The summed E-state index contributed by atoms with van der Waals surface area (Å²) in [5, 5.41) is 17.9. The molecule has 4 N–H and O–H groups in total. The maximum atomic E-state index is 14.0.